The van der Waals surface area contributed by atoms with Crippen LogP contribution in [0.5, 0.6) is 0 Å². The van der Waals surface area contributed by atoms with Crippen LogP contribution in [0, 0.1) is 0 Å². The fourth-order valence-corrected chi connectivity index (χ4v) is 1.31. The third-order valence-electron chi connectivity index (χ3n) is 1.82. The molecular weight excluding hydrogens is 261 g/mol. The van der Waals surface area contributed by atoms with Gasteiger partial charge >= 0.3 is 0 Å². The number of halogens is 4. The zero-order chi connectivity index (χ0) is 12.3. The van der Waals surface area contributed by atoms with Gasteiger partial charge < -0.3 is 0 Å². The Bertz CT molecular complexity index is 433. The van der Waals surface area contributed by atoms with E-state index in [-0.39, 0.29) is 15.6 Å². The van der Waals surface area contributed by atoms with Gasteiger partial charge in [-0.15, -0.1) is 0 Å². The van der Waals surface area contributed by atoms with Crippen LogP contribution in [-0.4, -0.2) is 18.0 Å². The number of ketones is 2. The van der Waals surface area contributed by atoms with Gasteiger partial charge in [0.25, 0.3) is 6.43 Å². The second-order valence-corrected chi connectivity index (χ2v) is 3.81. The summed E-state index contributed by atoms with van der Waals surface area (Å²) in [6, 6.07) is 3.93. The lowest BCUT2D eigenvalue weighted by atomic mass is 10.1. The Morgan fingerprint density at radius 1 is 1.19 bits per heavy atom. The third kappa shape index (κ3) is 3.25. The number of benzene rings is 1. The van der Waals surface area contributed by atoms with Crippen LogP contribution >= 0.6 is 23.2 Å². The summed E-state index contributed by atoms with van der Waals surface area (Å²) in [6.45, 7) is 0. The van der Waals surface area contributed by atoms with Crippen LogP contribution in [-0.2, 0) is 4.79 Å². The lowest BCUT2D eigenvalue weighted by Gasteiger charge is -2.02. The van der Waals surface area contributed by atoms with E-state index in [2.05, 4.69) is 0 Å². The van der Waals surface area contributed by atoms with E-state index in [0.717, 1.165) is 0 Å². The Morgan fingerprint density at radius 3 is 2.31 bits per heavy atom. The average Bonchev–Trinajstić information content (AvgIpc) is 2.21. The maximum absolute atomic E-state index is 11.9. The summed E-state index contributed by atoms with van der Waals surface area (Å²) in [5.41, 5.74) is 0.0865. The van der Waals surface area contributed by atoms with E-state index >= 15 is 0 Å². The highest BCUT2D eigenvalue weighted by Gasteiger charge is 2.20. The highest BCUT2D eigenvalue weighted by Crippen LogP contribution is 2.23. The lowest BCUT2D eigenvalue weighted by Crippen LogP contribution is -2.15. The van der Waals surface area contributed by atoms with Crippen molar-refractivity contribution in [3.8, 4) is 0 Å². The minimum Gasteiger partial charge on any atom is -0.294 e. The number of rotatable bonds is 4. The molecule has 86 valence electrons. The summed E-state index contributed by atoms with van der Waals surface area (Å²) >= 11 is 11.3. The van der Waals surface area contributed by atoms with Crippen LogP contribution in [0.2, 0.25) is 10.0 Å². The van der Waals surface area contributed by atoms with Crippen LogP contribution in [0.25, 0.3) is 0 Å². The first-order valence-corrected chi connectivity index (χ1v) is 4.96. The van der Waals surface area contributed by atoms with Crippen molar-refractivity contribution in [3.05, 3.63) is 33.8 Å². The van der Waals surface area contributed by atoms with Crippen LogP contribution in [0.1, 0.15) is 16.8 Å². The molecule has 0 atom stereocenters. The molecule has 1 aromatic carbocycles. The van der Waals surface area contributed by atoms with E-state index in [4.69, 9.17) is 23.2 Å². The molecule has 0 saturated carbocycles. The van der Waals surface area contributed by atoms with E-state index in [0.29, 0.717) is 0 Å². The number of hydrogen-bond donors (Lipinski definition) is 0. The molecule has 0 unspecified atom stereocenters. The van der Waals surface area contributed by atoms with Crippen molar-refractivity contribution in [2.75, 3.05) is 0 Å². The highest BCUT2D eigenvalue weighted by atomic mass is 35.5. The molecule has 16 heavy (non-hydrogen) atoms. The van der Waals surface area contributed by atoms with Crippen molar-refractivity contribution in [2.24, 2.45) is 0 Å². The number of alkyl halides is 2. The van der Waals surface area contributed by atoms with E-state index in [9.17, 15) is 18.4 Å². The second-order valence-electron chi connectivity index (χ2n) is 3.00. The molecule has 0 radical (unpaired) electrons. The van der Waals surface area contributed by atoms with Gasteiger partial charge in [-0.3, -0.25) is 9.59 Å². The smallest absolute Gasteiger partial charge is 0.294 e. The predicted molar refractivity (Wildman–Crippen MR) is 56.4 cm³/mol. The normalized spacial score (nSPS) is 10.6. The molecule has 0 spiro atoms. The molecule has 0 bridgehead atoms. The van der Waals surface area contributed by atoms with Gasteiger partial charge in [-0.05, 0) is 18.2 Å². The number of carbonyl (C=O) groups is 2. The minimum absolute atomic E-state index is 0.0865. The predicted octanol–water partition coefficient (Wildman–Crippen LogP) is 3.40. The lowest BCUT2D eigenvalue weighted by molar-refractivity contribution is -0.128. The summed E-state index contributed by atoms with van der Waals surface area (Å²) < 4.78 is 23.8. The summed E-state index contributed by atoms with van der Waals surface area (Å²) in [6.07, 6.45) is -3.97. The number of hydrogen-bond acceptors (Lipinski definition) is 2. The first-order chi connectivity index (χ1) is 7.41. The van der Waals surface area contributed by atoms with Crippen molar-refractivity contribution in [2.45, 2.75) is 12.8 Å². The summed E-state index contributed by atoms with van der Waals surface area (Å²) in [5.74, 6) is -2.11. The largest absolute Gasteiger partial charge is 0.296 e. The van der Waals surface area contributed by atoms with Crippen molar-refractivity contribution >= 4 is 34.8 Å². The Hall–Kier alpha value is -1.000. The molecule has 0 aliphatic heterocycles. The Kier molecular flexibility index (Phi) is 4.38. The fraction of sp³-hybridized carbons (Fsp3) is 0.200. The van der Waals surface area contributed by atoms with Gasteiger partial charge in [0.15, 0.2) is 5.78 Å². The van der Waals surface area contributed by atoms with E-state index in [1.807, 2.05) is 0 Å². The van der Waals surface area contributed by atoms with Gasteiger partial charge in [-0.2, -0.15) is 0 Å². The van der Waals surface area contributed by atoms with Crippen LogP contribution < -0.4 is 0 Å². The Morgan fingerprint density at radius 2 is 1.81 bits per heavy atom. The maximum Gasteiger partial charge on any atom is 0.296 e. The molecule has 0 aromatic heterocycles. The van der Waals surface area contributed by atoms with Crippen molar-refractivity contribution < 1.29 is 18.4 Å². The quantitative estimate of drug-likeness (QED) is 0.618. The summed E-state index contributed by atoms with van der Waals surface area (Å²) in [4.78, 5) is 22.0. The molecule has 1 rings (SSSR count). The highest BCUT2D eigenvalue weighted by molar-refractivity contribution is 6.42. The van der Waals surface area contributed by atoms with Gasteiger partial charge in [-0.1, -0.05) is 23.2 Å². The first-order valence-electron chi connectivity index (χ1n) is 4.21. The van der Waals surface area contributed by atoms with Gasteiger partial charge in [0.05, 0.1) is 16.5 Å². The van der Waals surface area contributed by atoms with Gasteiger partial charge in [-0.25, -0.2) is 8.78 Å². The average molecular weight is 267 g/mol. The number of Topliss-reactive ketones (excluding diaryl/α,β-unsaturated/α-hetero) is 2. The van der Waals surface area contributed by atoms with Crippen molar-refractivity contribution in [3.63, 3.8) is 0 Å². The topological polar surface area (TPSA) is 34.1 Å². The maximum atomic E-state index is 11.9. The van der Waals surface area contributed by atoms with Crippen LogP contribution in [0.15, 0.2) is 18.2 Å². The standard InChI is InChI=1S/C10H6Cl2F2O2/c11-6-2-1-5(3-7(6)12)8(15)4-9(16)10(13)14/h1-3,10H,4H2. The molecule has 0 fully saturated rings. The molecular formula is C10H6Cl2F2O2. The molecule has 0 aliphatic carbocycles. The summed E-state index contributed by atoms with van der Waals surface area (Å²) in [5, 5.41) is 0.385. The number of carbonyl (C=O) groups excluding carboxylic acids is 2. The molecule has 0 heterocycles. The SMILES string of the molecule is O=C(CC(=O)C(F)F)c1ccc(Cl)c(Cl)c1. The molecule has 0 N–H and O–H groups in total. The first kappa shape index (κ1) is 13.1. The van der Waals surface area contributed by atoms with Gasteiger partial charge in [0.1, 0.15) is 0 Å². The molecule has 0 aliphatic rings. The Labute approximate surface area is 100 Å². The van der Waals surface area contributed by atoms with Crippen LogP contribution in [0.4, 0.5) is 8.78 Å². The molecule has 1 aromatic rings. The molecule has 0 saturated heterocycles. The molecule has 6 heteroatoms. The second kappa shape index (κ2) is 5.37. The van der Waals surface area contributed by atoms with Gasteiger partial charge in [0.2, 0.25) is 5.78 Å². The monoisotopic (exact) mass is 266 g/mol. The Balaban J connectivity index is 2.81. The fourth-order valence-electron chi connectivity index (χ4n) is 1.01. The third-order valence-corrected chi connectivity index (χ3v) is 2.56. The molecule has 2 nitrogen and oxygen atoms in total. The zero-order valence-corrected chi connectivity index (χ0v) is 9.36. The van der Waals surface area contributed by atoms with E-state index in [1.54, 1.807) is 0 Å². The van der Waals surface area contributed by atoms with Crippen LogP contribution in [0.3, 0.4) is 0 Å². The van der Waals surface area contributed by atoms with Gasteiger partial charge in [0, 0.05) is 5.56 Å². The molecule has 0 amide bonds. The zero-order valence-electron chi connectivity index (χ0n) is 7.84. The minimum atomic E-state index is -3.13. The van der Waals surface area contributed by atoms with Crippen molar-refractivity contribution in [1.29, 1.82) is 0 Å². The summed E-state index contributed by atoms with van der Waals surface area (Å²) in [7, 11) is 0. The van der Waals surface area contributed by atoms with Crippen molar-refractivity contribution in [1.82, 2.24) is 0 Å². The van der Waals surface area contributed by atoms with E-state index < -0.39 is 24.4 Å². The van der Waals surface area contributed by atoms with E-state index in [1.165, 1.54) is 18.2 Å².